The summed E-state index contributed by atoms with van der Waals surface area (Å²) in [6.45, 7) is 6.83. The summed E-state index contributed by atoms with van der Waals surface area (Å²) in [5.74, 6) is 0.300. The number of furan rings is 1. The minimum Gasteiger partial charge on any atom is -0.495 e. The number of hydrogen-bond donors (Lipinski definition) is 2. The number of ether oxygens (including phenoxy) is 1. The summed E-state index contributed by atoms with van der Waals surface area (Å²) in [6.07, 6.45) is 3.30. The van der Waals surface area contributed by atoms with Crippen LogP contribution in [-0.2, 0) is 4.79 Å². The fourth-order valence-corrected chi connectivity index (χ4v) is 3.56. The first-order valence-corrected chi connectivity index (χ1v) is 9.52. The van der Waals surface area contributed by atoms with Crippen LogP contribution in [0.1, 0.15) is 37.2 Å². The molecule has 2 N–H and O–H groups in total. The SMILES string of the molecule is CCN1CCC[C@@](C)(C(=O)Nc2ccc(OC)c(NC(=O)c3ccco3)c2)C1. The Balaban J connectivity index is 1.75. The largest absolute Gasteiger partial charge is 0.495 e. The van der Waals surface area contributed by atoms with E-state index < -0.39 is 5.41 Å². The Morgan fingerprint density at radius 3 is 2.79 bits per heavy atom. The molecule has 0 saturated carbocycles. The summed E-state index contributed by atoms with van der Waals surface area (Å²) in [4.78, 5) is 27.5. The number of hydrogen-bond acceptors (Lipinski definition) is 5. The summed E-state index contributed by atoms with van der Waals surface area (Å²) in [7, 11) is 1.53. The van der Waals surface area contributed by atoms with Crippen LogP contribution in [0, 0.1) is 5.41 Å². The number of methoxy groups -OCH3 is 1. The van der Waals surface area contributed by atoms with Crippen molar-refractivity contribution in [1.29, 1.82) is 0 Å². The number of likely N-dealkylation sites (tertiary alicyclic amines) is 1. The number of carbonyl (C=O) groups is 2. The lowest BCUT2D eigenvalue weighted by Crippen LogP contribution is -2.48. The Morgan fingerprint density at radius 1 is 1.29 bits per heavy atom. The smallest absolute Gasteiger partial charge is 0.291 e. The van der Waals surface area contributed by atoms with Crippen molar-refractivity contribution in [1.82, 2.24) is 4.90 Å². The van der Waals surface area contributed by atoms with Gasteiger partial charge in [0.15, 0.2) is 5.76 Å². The third kappa shape index (κ3) is 4.36. The van der Waals surface area contributed by atoms with E-state index in [0.29, 0.717) is 17.1 Å². The van der Waals surface area contributed by atoms with Crippen LogP contribution < -0.4 is 15.4 Å². The second-order valence-corrected chi connectivity index (χ2v) is 7.33. The average molecular weight is 385 g/mol. The fourth-order valence-electron chi connectivity index (χ4n) is 3.56. The van der Waals surface area contributed by atoms with E-state index in [-0.39, 0.29) is 17.6 Å². The first-order chi connectivity index (χ1) is 13.4. The highest BCUT2D eigenvalue weighted by Crippen LogP contribution is 2.33. The van der Waals surface area contributed by atoms with E-state index in [1.807, 2.05) is 6.92 Å². The third-order valence-electron chi connectivity index (χ3n) is 5.22. The molecule has 1 fully saturated rings. The molecule has 0 unspecified atom stereocenters. The van der Waals surface area contributed by atoms with Gasteiger partial charge in [0.1, 0.15) is 5.75 Å². The maximum atomic E-state index is 13.0. The Labute approximate surface area is 165 Å². The van der Waals surface area contributed by atoms with Crippen molar-refractivity contribution in [2.45, 2.75) is 26.7 Å². The van der Waals surface area contributed by atoms with Gasteiger partial charge in [-0.05, 0) is 63.2 Å². The lowest BCUT2D eigenvalue weighted by atomic mass is 9.81. The molecular weight excluding hydrogens is 358 g/mol. The van der Waals surface area contributed by atoms with E-state index in [2.05, 4.69) is 22.5 Å². The zero-order valence-electron chi connectivity index (χ0n) is 16.6. The van der Waals surface area contributed by atoms with Gasteiger partial charge < -0.3 is 24.7 Å². The highest BCUT2D eigenvalue weighted by atomic mass is 16.5. The molecule has 1 atom stereocenters. The third-order valence-corrected chi connectivity index (χ3v) is 5.22. The molecule has 0 spiro atoms. The number of amides is 2. The molecule has 2 amide bonds. The van der Waals surface area contributed by atoms with Gasteiger partial charge in [-0.15, -0.1) is 0 Å². The zero-order valence-corrected chi connectivity index (χ0v) is 16.6. The first kappa shape index (κ1) is 19.9. The van der Waals surface area contributed by atoms with E-state index in [0.717, 1.165) is 32.5 Å². The predicted molar refractivity (Wildman–Crippen MR) is 108 cm³/mol. The molecule has 0 aliphatic carbocycles. The summed E-state index contributed by atoms with van der Waals surface area (Å²) in [5, 5.41) is 5.77. The van der Waals surface area contributed by atoms with Crippen LogP contribution in [0.5, 0.6) is 5.75 Å². The maximum absolute atomic E-state index is 13.0. The topological polar surface area (TPSA) is 83.8 Å². The number of benzene rings is 1. The second-order valence-electron chi connectivity index (χ2n) is 7.33. The van der Waals surface area contributed by atoms with Crippen molar-refractivity contribution >= 4 is 23.2 Å². The van der Waals surface area contributed by atoms with Gasteiger partial charge in [0, 0.05) is 12.2 Å². The van der Waals surface area contributed by atoms with Crippen LogP contribution in [-0.4, -0.2) is 43.5 Å². The molecule has 28 heavy (non-hydrogen) atoms. The van der Waals surface area contributed by atoms with E-state index in [9.17, 15) is 9.59 Å². The molecular formula is C21H27N3O4. The molecule has 0 radical (unpaired) electrons. The van der Waals surface area contributed by atoms with Crippen molar-refractivity contribution in [3.05, 3.63) is 42.4 Å². The minimum absolute atomic E-state index is 0.0147. The van der Waals surface area contributed by atoms with Gasteiger partial charge in [0.2, 0.25) is 5.91 Å². The van der Waals surface area contributed by atoms with E-state index in [1.54, 1.807) is 30.3 Å². The van der Waals surface area contributed by atoms with Crippen LogP contribution >= 0.6 is 0 Å². The fraction of sp³-hybridized carbons (Fsp3) is 0.429. The lowest BCUT2D eigenvalue weighted by molar-refractivity contribution is -0.127. The van der Waals surface area contributed by atoms with Crippen molar-refractivity contribution in [2.75, 3.05) is 37.4 Å². The van der Waals surface area contributed by atoms with Gasteiger partial charge in [-0.1, -0.05) is 6.92 Å². The van der Waals surface area contributed by atoms with E-state index in [1.165, 1.54) is 13.4 Å². The molecule has 7 nitrogen and oxygen atoms in total. The summed E-state index contributed by atoms with van der Waals surface area (Å²) >= 11 is 0. The maximum Gasteiger partial charge on any atom is 0.291 e. The van der Waals surface area contributed by atoms with Gasteiger partial charge in [0.05, 0.1) is 24.5 Å². The van der Waals surface area contributed by atoms with Gasteiger partial charge in [-0.2, -0.15) is 0 Å². The molecule has 0 bridgehead atoms. The number of rotatable bonds is 6. The molecule has 1 aliphatic heterocycles. The van der Waals surface area contributed by atoms with Crippen molar-refractivity contribution in [3.8, 4) is 5.75 Å². The molecule has 2 heterocycles. The highest BCUT2D eigenvalue weighted by Gasteiger charge is 2.37. The number of nitrogens with one attached hydrogen (secondary N) is 2. The van der Waals surface area contributed by atoms with Crippen molar-refractivity contribution in [3.63, 3.8) is 0 Å². The standard InChI is InChI=1S/C21H27N3O4/c1-4-24-11-6-10-21(2,14-24)20(26)22-15-8-9-17(27-3)16(13-15)23-19(25)18-7-5-12-28-18/h5,7-9,12-13H,4,6,10-11,14H2,1-3H3,(H,22,26)(H,23,25)/t21-/m1/s1. The summed E-state index contributed by atoms with van der Waals surface area (Å²) in [5.41, 5.74) is 0.632. The quantitative estimate of drug-likeness (QED) is 0.794. The Bertz CT molecular complexity index is 834. The van der Waals surface area contributed by atoms with E-state index >= 15 is 0 Å². The molecule has 1 aromatic carbocycles. The van der Waals surface area contributed by atoms with Gasteiger partial charge >= 0.3 is 0 Å². The predicted octanol–water partition coefficient (Wildman–Crippen LogP) is 3.60. The van der Waals surface area contributed by atoms with Gasteiger partial charge in [0.25, 0.3) is 5.91 Å². The second kappa shape index (κ2) is 8.48. The lowest BCUT2D eigenvalue weighted by Gasteiger charge is -2.38. The number of piperidine rings is 1. The van der Waals surface area contributed by atoms with Crippen molar-refractivity contribution in [2.24, 2.45) is 5.41 Å². The van der Waals surface area contributed by atoms with E-state index in [4.69, 9.17) is 9.15 Å². The highest BCUT2D eigenvalue weighted by molar-refractivity contribution is 6.04. The molecule has 1 aliphatic rings. The zero-order chi connectivity index (χ0) is 20.1. The normalized spacial score (nSPS) is 19.8. The Morgan fingerprint density at radius 2 is 2.11 bits per heavy atom. The first-order valence-electron chi connectivity index (χ1n) is 9.52. The Hall–Kier alpha value is -2.80. The molecule has 1 aromatic heterocycles. The van der Waals surface area contributed by atoms with Crippen LogP contribution in [0.4, 0.5) is 11.4 Å². The van der Waals surface area contributed by atoms with Crippen LogP contribution in [0.25, 0.3) is 0 Å². The molecule has 1 saturated heterocycles. The Kier molecular flexibility index (Phi) is 6.04. The number of anilines is 2. The van der Waals surface area contributed by atoms with Crippen LogP contribution in [0.2, 0.25) is 0 Å². The average Bonchev–Trinajstić information content (AvgIpc) is 3.23. The van der Waals surface area contributed by atoms with Gasteiger partial charge in [-0.3, -0.25) is 9.59 Å². The summed E-state index contributed by atoms with van der Waals surface area (Å²) < 4.78 is 10.4. The molecule has 3 rings (SSSR count). The monoisotopic (exact) mass is 385 g/mol. The number of carbonyl (C=O) groups excluding carboxylic acids is 2. The number of nitrogens with zero attached hydrogens (tertiary/aromatic N) is 1. The van der Waals surface area contributed by atoms with Gasteiger partial charge in [-0.25, -0.2) is 0 Å². The molecule has 7 heteroatoms. The van der Waals surface area contributed by atoms with Crippen molar-refractivity contribution < 1.29 is 18.7 Å². The summed E-state index contributed by atoms with van der Waals surface area (Å²) in [6, 6.07) is 8.41. The van der Waals surface area contributed by atoms with Crippen LogP contribution in [0.3, 0.4) is 0 Å². The minimum atomic E-state index is -0.439. The molecule has 150 valence electrons. The van der Waals surface area contributed by atoms with Crippen LogP contribution in [0.15, 0.2) is 41.0 Å². The molecule has 2 aromatic rings.